The van der Waals surface area contributed by atoms with E-state index in [0.717, 1.165) is 5.56 Å². The Kier molecular flexibility index (Phi) is 4.96. The smallest absolute Gasteiger partial charge is 0.134 e. The Morgan fingerprint density at radius 1 is 1.21 bits per heavy atom. The normalized spacial score (nSPS) is 11.3. The first-order chi connectivity index (χ1) is 11.6. The first kappa shape index (κ1) is 16.7. The minimum Gasteiger partial charge on any atom is -0.235 e. The topological polar surface area (TPSA) is 36.7 Å². The molecule has 0 bridgehead atoms. The van der Waals surface area contributed by atoms with Gasteiger partial charge in [0.1, 0.15) is 16.9 Å². The van der Waals surface area contributed by atoms with Gasteiger partial charge in [-0.05, 0) is 42.0 Å². The van der Waals surface area contributed by atoms with Crippen molar-refractivity contribution in [2.75, 3.05) is 0 Å². The fourth-order valence-electron chi connectivity index (χ4n) is 2.12. The number of nitriles is 1. The largest absolute Gasteiger partial charge is 0.235 e. The molecule has 2 aromatic carbocycles. The summed E-state index contributed by atoms with van der Waals surface area (Å²) >= 11 is 13.4. The molecule has 24 heavy (non-hydrogen) atoms. The second-order valence-corrected chi connectivity index (χ2v) is 6.59. The molecule has 1 heterocycles. The lowest BCUT2D eigenvalue weighted by Gasteiger charge is -2.01. The summed E-state index contributed by atoms with van der Waals surface area (Å²) in [6, 6.07) is 13.3. The summed E-state index contributed by atoms with van der Waals surface area (Å²) < 4.78 is 13.3. The number of hydrogen-bond donors (Lipinski definition) is 0. The third-order valence-electron chi connectivity index (χ3n) is 3.22. The molecule has 0 saturated carbocycles. The van der Waals surface area contributed by atoms with Crippen molar-refractivity contribution in [2.45, 2.75) is 0 Å². The lowest BCUT2D eigenvalue weighted by atomic mass is 10.1. The SMILES string of the molecule is N#CC(=Cc1cccc(F)c1)c1nc(-c2ccc(Cl)cc2Cl)cs1. The molecule has 0 fully saturated rings. The maximum atomic E-state index is 13.3. The summed E-state index contributed by atoms with van der Waals surface area (Å²) in [5, 5.41) is 12.8. The molecule has 0 radical (unpaired) electrons. The molecular formula is C18H9Cl2FN2S. The highest BCUT2D eigenvalue weighted by molar-refractivity contribution is 7.11. The second-order valence-electron chi connectivity index (χ2n) is 4.89. The molecule has 3 aromatic rings. The van der Waals surface area contributed by atoms with Crippen LogP contribution in [0.25, 0.3) is 22.9 Å². The van der Waals surface area contributed by atoms with Crippen LogP contribution >= 0.6 is 34.5 Å². The van der Waals surface area contributed by atoms with Crippen molar-refractivity contribution in [3.05, 3.63) is 74.3 Å². The highest BCUT2D eigenvalue weighted by Gasteiger charge is 2.12. The van der Waals surface area contributed by atoms with E-state index in [9.17, 15) is 9.65 Å². The van der Waals surface area contributed by atoms with Crippen molar-refractivity contribution in [1.82, 2.24) is 4.98 Å². The number of halogens is 3. The Morgan fingerprint density at radius 3 is 2.75 bits per heavy atom. The van der Waals surface area contributed by atoms with Crippen LogP contribution in [0.3, 0.4) is 0 Å². The van der Waals surface area contributed by atoms with Crippen molar-refractivity contribution >= 4 is 46.2 Å². The minimum atomic E-state index is -0.353. The number of benzene rings is 2. The molecule has 3 rings (SSSR count). The number of thiazole rings is 1. The van der Waals surface area contributed by atoms with Gasteiger partial charge < -0.3 is 0 Å². The Morgan fingerprint density at radius 2 is 2.04 bits per heavy atom. The molecule has 118 valence electrons. The van der Waals surface area contributed by atoms with E-state index in [1.54, 1.807) is 36.4 Å². The molecule has 6 heteroatoms. The van der Waals surface area contributed by atoms with Crippen molar-refractivity contribution in [3.8, 4) is 17.3 Å². The van der Waals surface area contributed by atoms with Crippen molar-refractivity contribution in [3.63, 3.8) is 0 Å². The number of rotatable bonds is 3. The van der Waals surface area contributed by atoms with E-state index in [1.807, 2.05) is 5.38 Å². The van der Waals surface area contributed by atoms with Gasteiger partial charge in [-0.15, -0.1) is 11.3 Å². The molecule has 0 aliphatic heterocycles. The van der Waals surface area contributed by atoms with Crippen LogP contribution in [-0.2, 0) is 0 Å². The van der Waals surface area contributed by atoms with E-state index < -0.39 is 0 Å². The van der Waals surface area contributed by atoms with Gasteiger partial charge in [0.15, 0.2) is 0 Å². The third-order valence-corrected chi connectivity index (χ3v) is 4.65. The van der Waals surface area contributed by atoms with E-state index in [2.05, 4.69) is 11.1 Å². The summed E-state index contributed by atoms with van der Waals surface area (Å²) in [4.78, 5) is 4.47. The summed E-state index contributed by atoms with van der Waals surface area (Å²) in [6.45, 7) is 0. The van der Waals surface area contributed by atoms with E-state index in [1.165, 1.54) is 23.5 Å². The molecule has 1 aromatic heterocycles. The number of nitrogens with zero attached hydrogens (tertiary/aromatic N) is 2. The van der Waals surface area contributed by atoms with Crippen LogP contribution < -0.4 is 0 Å². The van der Waals surface area contributed by atoms with Gasteiger partial charge in [-0.2, -0.15) is 5.26 Å². The minimum absolute atomic E-state index is 0.353. The van der Waals surface area contributed by atoms with Crippen LogP contribution in [0, 0.1) is 17.1 Å². The molecular weight excluding hydrogens is 366 g/mol. The number of allylic oxidation sites excluding steroid dienone is 1. The highest BCUT2D eigenvalue weighted by Crippen LogP contribution is 2.33. The molecule has 0 aliphatic carbocycles. The van der Waals surface area contributed by atoms with Crippen molar-refractivity contribution < 1.29 is 4.39 Å². The molecule has 0 saturated heterocycles. The zero-order valence-corrected chi connectivity index (χ0v) is 14.5. The fraction of sp³-hybridized carbons (Fsp3) is 0. The first-order valence-corrected chi connectivity index (χ1v) is 8.49. The first-order valence-electron chi connectivity index (χ1n) is 6.85. The average Bonchev–Trinajstić information content (AvgIpc) is 3.02. The molecule has 0 atom stereocenters. The van der Waals surface area contributed by atoms with E-state index >= 15 is 0 Å². The molecule has 0 N–H and O–H groups in total. The van der Waals surface area contributed by atoms with Gasteiger partial charge in [-0.1, -0.05) is 35.3 Å². The number of aromatic nitrogens is 1. The second kappa shape index (κ2) is 7.14. The Labute approximate surface area is 152 Å². The number of hydrogen-bond acceptors (Lipinski definition) is 3. The Hall–Kier alpha value is -2.19. The molecule has 2 nitrogen and oxygen atoms in total. The highest BCUT2D eigenvalue weighted by atomic mass is 35.5. The summed E-state index contributed by atoms with van der Waals surface area (Å²) in [7, 11) is 0. The van der Waals surface area contributed by atoms with E-state index in [4.69, 9.17) is 23.2 Å². The summed E-state index contributed by atoms with van der Waals surface area (Å²) in [5.41, 5.74) is 2.37. The predicted octanol–water partition coefficient (Wildman–Crippen LogP) is 6.32. The molecule has 0 unspecified atom stereocenters. The Balaban J connectivity index is 1.98. The van der Waals surface area contributed by atoms with Gasteiger partial charge in [0.05, 0.1) is 16.3 Å². The standard InChI is InChI=1S/C18H9Cl2FN2S/c19-13-4-5-15(16(20)8-13)17-10-24-18(23-17)12(9-22)6-11-2-1-3-14(21)7-11/h1-8,10H. The Bertz CT molecular complexity index is 973. The summed E-state index contributed by atoms with van der Waals surface area (Å²) in [5.74, 6) is -0.353. The lowest BCUT2D eigenvalue weighted by Crippen LogP contribution is -1.84. The van der Waals surface area contributed by atoms with Crippen LogP contribution in [0.1, 0.15) is 10.6 Å². The predicted molar refractivity (Wildman–Crippen MR) is 97.5 cm³/mol. The van der Waals surface area contributed by atoms with E-state index in [-0.39, 0.29) is 5.82 Å². The third kappa shape index (κ3) is 3.65. The average molecular weight is 375 g/mol. The van der Waals surface area contributed by atoms with Crippen LogP contribution in [0.2, 0.25) is 10.0 Å². The molecule has 0 spiro atoms. The monoisotopic (exact) mass is 374 g/mol. The lowest BCUT2D eigenvalue weighted by molar-refractivity contribution is 0.627. The van der Waals surface area contributed by atoms with Gasteiger partial charge >= 0.3 is 0 Å². The molecule has 0 amide bonds. The van der Waals surface area contributed by atoms with Gasteiger partial charge in [-0.25, -0.2) is 9.37 Å². The molecule has 0 aliphatic rings. The van der Waals surface area contributed by atoms with Gasteiger partial charge in [0, 0.05) is 16.0 Å². The van der Waals surface area contributed by atoms with Crippen molar-refractivity contribution in [2.24, 2.45) is 0 Å². The van der Waals surface area contributed by atoms with Gasteiger partial charge in [0.2, 0.25) is 0 Å². The zero-order chi connectivity index (χ0) is 17.1. The van der Waals surface area contributed by atoms with Crippen LogP contribution in [0.4, 0.5) is 4.39 Å². The van der Waals surface area contributed by atoms with Crippen LogP contribution in [0.15, 0.2) is 47.8 Å². The van der Waals surface area contributed by atoms with Crippen molar-refractivity contribution in [1.29, 1.82) is 5.26 Å². The maximum absolute atomic E-state index is 13.3. The van der Waals surface area contributed by atoms with Gasteiger partial charge in [-0.3, -0.25) is 0 Å². The van der Waals surface area contributed by atoms with Crippen LogP contribution in [0.5, 0.6) is 0 Å². The fourth-order valence-corrected chi connectivity index (χ4v) is 3.41. The van der Waals surface area contributed by atoms with E-state index in [0.29, 0.717) is 31.9 Å². The maximum Gasteiger partial charge on any atom is 0.134 e. The quantitative estimate of drug-likeness (QED) is 0.502. The zero-order valence-electron chi connectivity index (χ0n) is 12.1. The van der Waals surface area contributed by atoms with Gasteiger partial charge in [0.25, 0.3) is 0 Å². The van der Waals surface area contributed by atoms with Crippen LogP contribution in [-0.4, -0.2) is 4.98 Å². The summed E-state index contributed by atoms with van der Waals surface area (Å²) in [6.07, 6.45) is 1.61.